The Kier molecular flexibility index (Phi) is 10.7. The van der Waals surface area contributed by atoms with Crippen molar-refractivity contribution in [1.29, 1.82) is 0 Å². The molecule has 1 aromatic heterocycles. The second-order valence-electron chi connectivity index (χ2n) is 5.24. The Morgan fingerprint density at radius 3 is 2.32 bits per heavy atom. The minimum atomic E-state index is -0.966. The van der Waals surface area contributed by atoms with Crippen LogP contribution in [0.2, 0.25) is 0 Å². The first kappa shape index (κ1) is 23.1. The first-order valence-electron chi connectivity index (χ1n) is 8.46. The van der Waals surface area contributed by atoms with Crippen molar-refractivity contribution in [3.05, 3.63) is 47.7 Å². The monoisotopic (exact) mass is 366 g/mol. The van der Waals surface area contributed by atoms with Gasteiger partial charge < -0.3 is 14.8 Å². The highest BCUT2D eigenvalue weighted by Gasteiger charge is 2.19. The van der Waals surface area contributed by atoms with E-state index >= 15 is 0 Å². The highest BCUT2D eigenvalue weighted by Crippen LogP contribution is 2.26. The van der Waals surface area contributed by atoms with E-state index < -0.39 is 5.60 Å². The quantitative estimate of drug-likeness (QED) is 0.607. The molecule has 2 aromatic rings. The minimum Gasteiger partial charge on any atom is -0.456 e. The number of amides is 2. The molecule has 0 saturated heterocycles. The van der Waals surface area contributed by atoms with E-state index in [1.807, 2.05) is 58.9 Å². The van der Waals surface area contributed by atoms with Crippen LogP contribution in [-0.2, 0) is 5.60 Å². The maximum absolute atomic E-state index is 11.8. The number of hydrogen-bond acceptors (Lipinski definition) is 4. The van der Waals surface area contributed by atoms with Crippen LogP contribution in [0.1, 0.15) is 52.7 Å². The molecule has 0 saturated carbocycles. The van der Waals surface area contributed by atoms with Crippen molar-refractivity contribution < 1.29 is 14.3 Å². The van der Waals surface area contributed by atoms with E-state index in [0.29, 0.717) is 10.7 Å². The third-order valence-corrected chi connectivity index (χ3v) is 3.50. The Hall–Kier alpha value is -1.92. The molecule has 1 aromatic carbocycles. The molecule has 0 aliphatic heterocycles. The average Bonchev–Trinajstić information content (AvgIpc) is 3.06. The zero-order valence-corrected chi connectivity index (χ0v) is 17.0. The van der Waals surface area contributed by atoms with Crippen LogP contribution in [0.4, 0.5) is 10.5 Å². The summed E-state index contributed by atoms with van der Waals surface area (Å²) < 4.78 is 7.89. The molecule has 25 heavy (non-hydrogen) atoms. The van der Waals surface area contributed by atoms with Gasteiger partial charge in [0.25, 0.3) is 0 Å². The number of aliphatic hydroxyl groups is 1. The van der Waals surface area contributed by atoms with E-state index in [9.17, 15) is 9.90 Å². The Balaban J connectivity index is 0.00000134. The zero-order chi connectivity index (χ0) is 19.5. The maximum Gasteiger partial charge on any atom is 0.329 e. The van der Waals surface area contributed by atoms with Gasteiger partial charge in [0.15, 0.2) is 5.09 Å². The number of carbonyl (C=O) groups is 1. The fourth-order valence-corrected chi connectivity index (χ4v) is 2.19. The topological polar surface area (TPSA) is 74.5 Å². The van der Waals surface area contributed by atoms with Crippen molar-refractivity contribution in [2.75, 3.05) is 5.32 Å². The summed E-state index contributed by atoms with van der Waals surface area (Å²) in [5.74, 6) is 0. The van der Waals surface area contributed by atoms with Crippen molar-refractivity contribution >= 4 is 23.7 Å². The lowest BCUT2D eigenvalue weighted by Crippen LogP contribution is -2.22. The lowest BCUT2D eigenvalue weighted by molar-refractivity contribution is 0.0779. The van der Waals surface area contributed by atoms with Crippen molar-refractivity contribution in [1.82, 2.24) is 4.72 Å². The normalized spacial score (nSPS) is 9.92. The number of furan rings is 1. The molecule has 0 atom stereocenters. The fourth-order valence-electron chi connectivity index (χ4n) is 1.67. The fraction of sp³-hybridized carbons (Fsp3) is 0.421. The summed E-state index contributed by atoms with van der Waals surface area (Å²) >= 11 is 1.05. The van der Waals surface area contributed by atoms with E-state index in [0.717, 1.165) is 23.2 Å². The second kappa shape index (κ2) is 11.6. The number of carbonyl (C=O) groups excluding carboxylic acids is 1. The van der Waals surface area contributed by atoms with E-state index in [1.54, 1.807) is 19.9 Å². The molecular formula is C19H30N2O3S. The van der Waals surface area contributed by atoms with Gasteiger partial charge in [0.1, 0.15) is 0 Å². The first-order chi connectivity index (χ1) is 11.8. The van der Waals surface area contributed by atoms with Crippen molar-refractivity contribution in [2.24, 2.45) is 0 Å². The Morgan fingerprint density at radius 2 is 1.80 bits per heavy atom. The zero-order valence-electron chi connectivity index (χ0n) is 16.1. The van der Waals surface area contributed by atoms with E-state index in [4.69, 9.17) is 4.42 Å². The molecule has 2 rings (SSSR count). The molecule has 0 aliphatic carbocycles. The van der Waals surface area contributed by atoms with Gasteiger partial charge in [-0.2, -0.15) is 0 Å². The van der Waals surface area contributed by atoms with Crippen molar-refractivity contribution in [3.63, 3.8) is 0 Å². The summed E-state index contributed by atoms with van der Waals surface area (Å²) in [4.78, 5) is 11.8. The highest BCUT2D eigenvalue weighted by atomic mass is 32.2. The lowest BCUT2D eigenvalue weighted by atomic mass is 10.0. The Labute approximate surface area is 155 Å². The van der Waals surface area contributed by atoms with Crippen LogP contribution in [0.3, 0.4) is 0 Å². The summed E-state index contributed by atoms with van der Waals surface area (Å²) in [6, 6.07) is 8.88. The number of hydrogen-bond donors (Lipinski definition) is 3. The Bertz CT molecular complexity index is 634. The molecule has 0 spiro atoms. The molecule has 0 unspecified atom stereocenters. The number of anilines is 1. The standard InChI is InChI=1S/C15H18N2O3S.2C2H6/c1-10-5-4-6-12(7-10)16-14(18)17-21-13-8-11(9-20-13)15(2,3)19;2*1-2/h4-9,19H,1-3H3,(H2,16,17,18);2*1-2H3. The van der Waals surface area contributed by atoms with Crippen LogP contribution >= 0.6 is 11.9 Å². The van der Waals surface area contributed by atoms with Gasteiger partial charge >= 0.3 is 6.03 Å². The molecule has 0 radical (unpaired) electrons. The SMILES string of the molecule is CC.CC.Cc1cccc(NC(=O)NSc2cc(C(C)(C)O)co2)c1. The van der Waals surface area contributed by atoms with Gasteiger partial charge in [-0.25, -0.2) is 4.79 Å². The smallest absolute Gasteiger partial charge is 0.329 e. The van der Waals surface area contributed by atoms with Crippen LogP contribution in [0.5, 0.6) is 0 Å². The predicted octanol–water partition coefficient (Wildman–Crippen LogP) is 5.70. The number of rotatable bonds is 4. The summed E-state index contributed by atoms with van der Waals surface area (Å²) in [5, 5.41) is 13.1. The summed E-state index contributed by atoms with van der Waals surface area (Å²) in [7, 11) is 0. The van der Waals surface area contributed by atoms with Gasteiger partial charge in [-0.15, -0.1) is 0 Å². The predicted molar refractivity (Wildman–Crippen MR) is 106 cm³/mol. The molecule has 6 heteroatoms. The second-order valence-corrected chi connectivity index (χ2v) is 6.05. The minimum absolute atomic E-state index is 0.341. The van der Waals surface area contributed by atoms with Crippen LogP contribution in [0, 0.1) is 6.92 Å². The van der Waals surface area contributed by atoms with Crippen LogP contribution < -0.4 is 10.0 Å². The molecule has 0 fully saturated rings. The van der Waals surface area contributed by atoms with Crippen molar-refractivity contribution in [3.8, 4) is 0 Å². The molecule has 140 valence electrons. The number of urea groups is 1. The largest absolute Gasteiger partial charge is 0.456 e. The molecule has 3 N–H and O–H groups in total. The van der Waals surface area contributed by atoms with Gasteiger partial charge in [0, 0.05) is 23.2 Å². The molecule has 2 amide bonds. The number of benzene rings is 1. The van der Waals surface area contributed by atoms with Crippen LogP contribution in [0.15, 0.2) is 46.1 Å². The molecule has 0 aliphatic rings. The van der Waals surface area contributed by atoms with Gasteiger partial charge in [-0.1, -0.05) is 39.8 Å². The highest BCUT2D eigenvalue weighted by molar-refractivity contribution is 7.97. The lowest BCUT2D eigenvalue weighted by Gasteiger charge is -2.13. The molecule has 0 bridgehead atoms. The molecular weight excluding hydrogens is 336 g/mol. The average molecular weight is 367 g/mol. The third kappa shape index (κ3) is 8.65. The molecule has 5 nitrogen and oxygen atoms in total. The summed E-state index contributed by atoms with van der Waals surface area (Å²) in [5.41, 5.74) is 1.49. The summed E-state index contributed by atoms with van der Waals surface area (Å²) in [6.07, 6.45) is 1.47. The van der Waals surface area contributed by atoms with Crippen LogP contribution in [-0.4, -0.2) is 11.1 Å². The van der Waals surface area contributed by atoms with Gasteiger partial charge in [-0.05, 0) is 44.5 Å². The van der Waals surface area contributed by atoms with Gasteiger partial charge in [-0.3, -0.25) is 4.72 Å². The maximum atomic E-state index is 11.8. The molecule has 1 heterocycles. The third-order valence-electron chi connectivity index (χ3n) is 2.80. The number of aryl methyl sites for hydroxylation is 1. The van der Waals surface area contributed by atoms with Gasteiger partial charge in [0.2, 0.25) is 0 Å². The van der Waals surface area contributed by atoms with E-state index in [1.165, 1.54) is 6.26 Å². The van der Waals surface area contributed by atoms with E-state index in [2.05, 4.69) is 10.0 Å². The Morgan fingerprint density at radius 1 is 1.16 bits per heavy atom. The van der Waals surface area contributed by atoms with E-state index in [-0.39, 0.29) is 6.03 Å². The number of nitrogens with one attached hydrogen (secondary N) is 2. The van der Waals surface area contributed by atoms with Gasteiger partial charge in [0.05, 0.1) is 11.9 Å². The van der Waals surface area contributed by atoms with Crippen molar-refractivity contribution in [2.45, 2.75) is 59.2 Å². The summed E-state index contributed by atoms with van der Waals surface area (Å²) in [6.45, 7) is 13.3. The first-order valence-corrected chi connectivity index (χ1v) is 9.28. The van der Waals surface area contributed by atoms with Crippen LogP contribution in [0.25, 0.3) is 0 Å².